The quantitative estimate of drug-likeness (QED) is 0.144. The first-order valence-electron chi connectivity index (χ1n) is 22.5. The second-order valence-electron chi connectivity index (χ2n) is 16.9. The van der Waals surface area contributed by atoms with E-state index in [0.29, 0.717) is 0 Å². The lowest BCUT2D eigenvalue weighted by Gasteiger charge is -2.26. The molecule has 1 heterocycles. The molecule has 0 amide bonds. The molecule has 0 N–H and O–H groups in total. The molecule has 0 fully saturated rings. The van der Waals surface area contributed by atoms with E-state index < -0.39 is 0 Å². The summed E-state index contributed by atoms with van der Waals surface area (Å²) in [5.41, 5.74) is 19.3. The normalized spacial score (nSPS) is 11.3. The van der Waals surface area contributed by atoms with Crippen LogP contribution in [0.5, 0.6) is 0 Å². The molecule has 1 aromatic heterocycles. The number of furan rings is 1. The van der Waals surface area contributed by atoms with Gasteiger partial charge >= 0.3 is 0 Å². The Bertz CT molecular complexity index is 3640. The maximum Gasteiger partial charge on any atom is 0.136 e. The molecule has 0 saturated carbocycles. The summed E-state index contributed by atoms with van der Waals surface area (Å²) in [4.78, 5) is 2.34. The van der Waals surface area contributed by atoms with E-state index in [0.717, 1.165) is 50.1 Å². The lowest BCUT2D eigenvalue weighted by Crippen LogP contribution is -2.09. The van der Waals surface area contributed by atoms with Crippen LogP contribution in [0.3, 0.4) is 0 Å². The van der Waals surface area contributed by atoms with Crippen LogP contribution in [0.2, 0.25) is 0 Å². The zero-order valence-electron chi connectivity index (χ0n) is 36.2. The highest BCUT2D eigenvalue weighted by molar-refractivity contribution is 6.06. The number of nitrogens with zero attached hydrogens (tertiary/aromatic N) is 1. The van der Waals surface area contributed by atoms with E-state index in [9.17, 15) is 0 Å². The molecule has 0 bridgehead atoms. The van der Waals surface area contributed by atoms with E-state index in [-0.39, 0.29) is 0 Å². The number of hydrogen-bond acceptors (Lipinski definition) is 2. The lowest BCUT2D eigenvalue weighted by atomic mass is 9.96. The van der Waals surface area contributed by atoms with Crippen LogP contribution in [0.15, 0.2) is 265 Å². The Hall–Kier alpha value is -8.72. The molecule has 0 unspecified atom stereocenters. The Kier molecular flexibility index (Phi) is 9.89. The summed E-state index contributed by atoms with van der Waals surface area (Å²) in [5.74, 6) is 0. The maximum absolute atomic E-state index is 6.25. The lowest BCUT2D eigenvalue weighted by molar-refractivity contribution is 0.669. The van der Waals surface area contributed by atoms with Crippen LogP contribution in [-0.2, 0) is 0 Å². The summed E-state index contributed by atoms with van der Waals surface area (Å²) < 4.78 is 6.25. The van der Waals surface area contributed by atoms with Gasteiger partial charge in [-0.05, 0) is 144 Å². The minimum absolute atomic E-state index is 0.898. The zero-order chi connectivity index (χ0) is 43.8. The number of hydrogen-bond donors (Lipinski definition) is 0. The van der Waals surface area contributed by atoms with E-state index in [1.807, 2.05) is 12.1 Å². The highest BCUT2D eigenvalue weighted by Crippen LogP contribution is 2.39. The molecule has 12 aromatic rings. The Morgan fingerprint density at radius 3 is 1.15 bits per heavy atom. The first-order chi connectivity index (χ1) is 32.7. The molecule has 0 aliphatic rings. The van der Waals surface area contributed by atoms with Gasteiger partial charge < -0.3 is 9.32 Å². The Labute approximate surface area is 384 Å². The summed E-state index contributed by atoms with van der Waals surface area (Å²) in [5, 5.41) is 4.79. The van der Waals surface area contributed by atoms with Crippen LogP contribution < -0.4 is 4.90 Å². The van der Waals surface area contributed by atoms with Crippen LogP contribution in [-0.4, -0.2) is 0 Å². The van der Waals surface area contributed by atoms with Gasteiger partial charge in [-0.25, -0.2) is 0 Å². The summed E-state index contributed by atoms with van der Waals surface area (Å²) >= 11 is 0. The van der Waals surface area contributed by atoms with E-state index in [2.05, 4.69) is 254 Å². The SMILES string of the molecule is c1ccc(-c2ccc(-c3ccc(N(c4ccc(-c5ccc(-c6cccc(-c7ccc8ccccc8c7)c6)cc5)cc4)c4ccc(-c5ccc6c(c5)oc5ccccc56)cc4)cc3)cc2)cc1. The third-order valence-corrected chi connectivity index (χ3v) is 12.9. The molecule has 0 radical (unpaired) electrons. The second kappa shape index (κ2) is 16.8. The van der Waals surface area contributed by atoms with Crippen molar-refractivity contribution in [3.8, 4) is 66.8 Å². The van der Waals surface area contributed by atoms with Gasteiger partial charge in [0.25, 0.3) is 0 Å². The molecule has 0 aliphatic heterocycles. The fourth-order valence-electron chi connectivity index (χ4n) is 9.35. The van der Waals surface area contributed by atoms with Crippen LogP contribution in [0.1, 0.15) is 0 Å². The molecule has 11 aromatic carbocycles. The monoisotopic (exact) mass is 841 g/mol. The van der Waals surface area contributed by atoms with Gasteiger partial charge in [-0.15, -0.1) is 0 Å². The molecule has 66 heavy (non-hydrogen) atoms. The number of para-hydroxylation sites is 1. The van der Waals surface area contributed by atoms with Crippen molar-refractivity contribution in [3.05, 3.63) is 261 Å². The first-order valence-corrected chi connectivity index (χ1v) is 22.5. The van der Waals surface area contributed by atoms with Gasteiger partial charge in [-0.1, -0.05) is 194 Å². The molecule has 2 heteroatoms. The van der Waals surface area contributed by atoms with Gasteiger partial charge in [0, 0.05) is 27.8 Å². The molecule has 0 saturated heterocycles. The van der Waals surface area contributed by atoms with Crippen molar-refractivity contribution in [1.29, 1.82) is 0 Å². The van der Waals surface area contributed by atoms with Crippen LogP contribution in [0.25, 0.3) is 99.5 Å². The van der Waals surface area contributed by atoms with Crippen molar-refractivity contribution in [2.24, 2.45) is 0 Å². The van der Waals surface area contributed by atoms with Gasteiger partial charge in [-0.2, -0.15) is 0 Å². The second-order valence-corrected chi connectivity index (χ2v) is 16.9. The van der Waals surface area contributed by atoms with Crippen molar-refractivity contribution < 1.29 is 4.42 Å². The fourth-order valence-corrected chi connectivity index (χ4v) is 9.35. The minimum Gasteiger partial charge on any atom is -0.456 e. The van der Waals surface area contributed by atoms with E-state index >= 15 is 0 Å². The Morgan fingerprint density at radius 1 is 0.212 bits per heavy atom. The van der Waals surface area contributed by atoms with Crippen LogP contribution in [0.4, 0.5) is 17.1 Å². The minimum atomic E-state index is 0.898. The number of anilines is 3. The fraction of sp³-hybridized carbons (Fsp3) is 0. The number of rotatable bonds is 9. The summed E-state index contributed by atoms with van der Waals surface area (Å²) in [6.07, 6.45) is 0. The van der Waals surface area contributed by atoms with E-state index in [1.165, 1.54) is 66.4 Å². The summed E-state index contributed by atoms with van der Waals surface area (Å²) in [7, 11) is 0. The standard InChI is InChI=1S/C64H43NO/c1-2-9-44(10-3-1)46-17-19-47(20-18-46)49-27-34-58(35-28-49)65(60-38-31-52(32-39-60)57-33-40-62-61-15-6-7-16-63(61)66-64(62)43-57)59-36-29-50(30-37-59)48-21-23-51(24-22-48)54-13-8-14-55(41-54)56-26-25-45-11-4-5-12-53(45)42-56/h1-43H. The summed E-state index contributed by atoms with van der Waals surface area (Å²) in [6.45, 7) is 0. The zero-order valence-corrected chi connectivity index (χ0v) is 36.2. The first kappa shape index (κ1) is 38.9. The molecule has 2 nitrogen and oxygen atoms in total. The van der Waals surface area contributed by atoms with Gasteiger partial charge in [0.2, 0.25) is 0 Å². The topological polar surface area (TPSA) is 16.4 Å². The molecular weight excluding hydrogens is 799 g/mol. The highest BCUT2D eigenvalue weighted by Gasteiger charge is 2.15. The average molecular weight is 842 g/mol. The third-order valence-electron chi connectivity index (χ3n) is 12.9. The van der Waals surface area contributed by atoms with Gasteiger partial charge in [0.1, 0.15) is 11.2 Å². The van der Waals surface area contributed by atoms with Crippen molar-refractivity contribution in [2.45, 2.75) is 0 Å². The van der Waals surface area contributed by atoms with Crippen LogP contribution in [0, 0.1) is 0 Å². The van der Waals surface area contributed by atoms with Crippen molar-refractivity contribution >= 4 is 49.8 Å². The van der Waals surface area contributed by atoms with E-state index in [1.54, 1.807) is 0 Å². The van der Waals surface area contributed by atoms with E-state index in [4.69, 9.17) is 4.42 Å². The predicted molar refractivity (Wildman–Crippen MR) is 279 cm³/mol. The molecule has 12 rings (SSSR count). The molecular formula is C64H43NO. The summed E-state index contributed by atoms with van der Waals surface area (Å²) in [6, 6.07) is 93.8. The highest BCUT2D eigenvalue weighted by atomic mass is 16.3. The Morgan fingerprint density at radius 2 is 0.576 bits per heavy atom. The van der Waals surface area contributed by atoms with Crippen molar-refractivity contribution in [1.82, 2.24) is 0 Å². The predicted octanol–water partition coefficient (Wildman–Crippen LogP) is 18.2. The molecule has 0 spiro atoms. The maximum atomic E-state index is 6.25. The van der Waals surface area contributed by atoms with Gasteiger partial charge in [0.15, 0.2) is 0 Å². The molecule has 0 atom stereocenters. The number of benzene rings is 11. The largest absolute Gasteiger partial charge is 0.456 e. The molecule has 0 aliphatic carbocycles. The third kappa shape index (κ3) is 7.51. The Balaban J connectivity index is 0.840. The van der Waals surface area contributed by atoms with Crippen molar-refractivity contribution in [3.63, 3.8) is 0 Å². The van der Waals surface area contributed by atoms with Gasteiger partial charge in [0.05, 0.1) is 0 Å². The smallest absolute Gasteiger partial charge is 0.136 e. The number of fused-ring (bicyclic) bond motifs is 4. The van der Waals surface area contributed by atoms with Crippen LogP contribution >= 0.6 is 0 Å². The van der Waals surface area contributed by atoms with Crippen molar-refractivity contribution in [2.75, 3.05) is 4.90 Å². The van der Waals surface area contributed by atoms with Gasteiger partial charge in [-0.3, -0.25) is 0 Å². The average Bonchev–Trinajstić information content (AvgIpc) is 3.78. The molecule has 310 valence electrons.